The van der Waals surface area contributed by atoms with E-state index in [1.54, 1.807) is 0 Å². The number of carbonyl (C=O) groups is 2. The van der Waals surface area contributed by atoms with Gasteiger partial charge in [-0.2, -0.15) is 0 Å². The second-order valence-corrected chi connectivity index (χ2v) is 4.20. The molecule has 0 bridgehead atoms. The van der Waals surface area contributed by atoms with Gasteiger partial charge in [0, 0.05) is 19.3 Å². The maximum atomic E-state index is 12.8. The standard InChI is InChI=1S/C10H15F2NO3/c11-10(12)3-1-7(2-4-10)5-8(14)6-13-9(15)16/h7,13H,1-6H2,(H,15,16). The molecule has 1 fully saturated rings. The number of hydrogen-bond acceptors (Lipinski definition) is 2. The molecule has 1 aliphatic carbocycles. The highest BCUT2D eigenvalue weighted by molar-refractivity contribution is 5.83. The molecule has 6 heteroatoms. The number of halogens is 2. The zero-order valence-electron chi connectivity index (χ0n) is 8.84. The summed E-state index contributed by atoms with van der Waals surface area (Å²) in [5, 5.41) is 10.2. The van der Waals surface area contributed by atoms with Gasteiger partial charge in [0.25, 0.3) is 0 Å². The number of amides is 1. The van der Waals surface area contributed by atoms with Crippen LogP contribution in [0.3, 0.4) is 0 Å². The van der Waals surface area contributed by atoms with Crippen LogP contribution in [0.4, 0.5) is 13.6 Å². The van der Waals surface area contributed by atoms with Crippen LogP contribution < -0.4 is 5.32 Å². The SMILES string of the molecule is O=C(CNC(=O)O)CC1CCC(F)(F)CC1. The minimum absolute atomic E-state index is 0.0253. The number of ketones is 1. The Kier molecular flexibility index (Phi) is 4.20. The van der Waals surface area contributed by atoms with Crippen molar-refractivity contribution in [1.82, 2.24) is 5.32 Å². The Hall–Kier alpha value is -1.20. The van der Waals surface area contributed by atoms with Crippen molar-refractivity contribution in [3.63, 3.8) is 0 Å². The molecule has 0 saturated heterocycles. The molecule has 0 spiro atoms. The average Bonchev–Trinajstić information content (AvgIpc) is 2.18. The number of alkyl halides is 2. The minimum Gasteiger partial charge on any atom is -0.465 e. The molecule has 0 unspecified atom stereocenters. The highest BCUT2D eigenvalue weighted by Crippen LogP contribution is 2.37. The second kappa shape index (κ2) is 5.23. The van der Waals surface area contributed by atoms with Gasteiger partial charge in [-0.1, -0.05) is 0 Å². The Bertz CT molecular complexity index is 271. The average molecular weight is 235 g/mol. The molecule has 2 N–H and O–H groups in total. The molecule has 0 radical (unpaired) electrons. The van der Waals surface area contributed by atoms with E-state index in [1.807, 2.05) is 5.32 Å². The van der Waals surface area contributed by atoms with Crippen LogP contribution in [-0.4, -0.2) is 29.5 Å². The summed E-state index contributed by atoms with van der Waals surface area (Å²) in [5.41, 5.74) is 0. The number of carboxylic acid groups (broad SMARTS) is 1. The van der Waals surface area contributed by atoms with E-state index in [-0.39, 0.29) is 37.5 Å². The van der Waals surface area contributed by atoms with E-state index < -0.39 is 12.0 Å². The first-order valence-electron chi connectivity index (χ1n) is 5.25. The number of rotatable bonds is 4. The van der Waals surface area contributed by atoms with Crippen molar-refractivity contribution in [3.05, 3.63) is 0 Å². The van der Waals surface area contributed by atoms with Gasteiger partial charge in [0.15, 0.2) is 5.78 Å². The molecule has 16 heavy (non-hydrogen) atoms. The number of nitrogens with one attached hydrogen (secondary N) is 1. The molecular formula is C10H15F2NO3. The fourth-order valence-electron chi connectivity index (χ4n) is 1.87. The lowest BCUT2D eigenvalue weighted by Crippen LogP contribution is -2.31. The van der Waals surface area contributed by atoms with E-state index in [1.165, 1.54) is 0 Å². The molecule has 1 rings (SSSR count). The molecule has 0 aromatic rings. The smallest absolute Gasteiger partial charge is 0.405 e. The Morgan fingerprint density at radius 2 is 1.88 bits per heavy atom. The van der Waals surface area contributed by atoms with Crippen molar-refractivity contribution in [2.45, 2.75) is 38.0 Å². The first-order valence-corrected chi connectivity index (χ1v) is 5.25. The quantitative estimate of drug-likeness (QED) is 0.783. The van der Waals surface area contributed by atoms with Gasteiger partial charge in [-0.3, -0.25) is 4.79 Å². The van der Waals surface area contributed by atoms with Crippen molar-refractivity contribution < 1.29 is 23.5 Å². The molecule has 0 atom stereocenters. The lowest BCUT2D eigenvalue weighted by Gasteiger charge is -2.27. The van der Waals surface area contributed by atoms with Crippen LogP contribution in [0.15, 0.2) is 0 Å². The number of hydrogen-bond donors (Lipinski definition) is 2. The molecule has 0 aromatic heterocycles. The maximum absolute atomic E-state index is 12.8. The molecule has 4 nitrogen and oxygen atoms in total. The van der Waals surface area contributed by atoms with Crippen molar-refractivity contribution >= 4 is 11.9 Å². The van der Waals surface area contributed by atoms with Gasteiger partial charge in [-0.25, -0.2) is 13.6 Å². The molecule has 0 aromatic carbocycles. The summed E-state index contributed by atoms with van der Waals surface area (Å²) in [4.78, 5) is 21.4. The lowest BCUT2D eigenvalue weighted by molar-refractivity contribution is -0.120. The Labute approximate surface area is 92.0 Å². The van der Waals surface area contributed by atoms with Crippen molar-refractivity contribution in [1.29, 1.82) is 0 Å². The van der Waals surface area contributed by atoms with Crippen LogP contribution in [0.2, 0.25) is 0 Å². The molecule has 1 saturated carbocycles. The van der Waals surface area contributed by atoms with E-state index in [0.717, 1.165) is 0 Å². The van der Waals surface area contributed by atoms with Crippen LogP contribution >= 0.6 is 0 Å². The normalized spacial score (nSPS) is 20.4. The Morgan fingerprint density at radius 1 is 1.31 bits per heavy atom. The molecule has 1 amide bonds. The summed E-state index contributed by atoms with van der Waals surface area (Å²) < 4.78 is 25.6. The van der Waals surface area contributed by atoms with Crippen LogP contribution in [0, 0.1) is 5.92 Å². The summed E-state index contributed by atoms with van der Waals surface area (Å²) in [6.07, 6.45) is -0.716. The topological polar surface area (TPSA) is 66.4 Å². The van der Waals surface area contributed by atoms with Gasteiger partial charge in [-0.05, 0) is 18.8 Å². The highest BCUT2D eigenvalue weighted by atomic mass is 19.3. The Morgan fingerprint density at radius 3 is 2.38 bits per heavy atom. The third kappa shape index (κ3) is 4.55. The van der Waals surface area contributed by atoms with Gasteiger partial charge in [0.1, 0.15) is 0 Å². The van der Waals surface area contributed by atoms with Gasteiger partial charge in [-0.15, -0.1) is 0 Å². The predicted octanol–water partition coefficient (Wildman–Crippen LogP) is 2.04. The van der Waals surface area contributed by atoms with E-state index in [9.17, 15) is 18.4 Å². The fraction of sp³-hybridized carbons (Fsp3) is 0.800. The van der Waals surface area contributed by atoms with E-state index in [4.69, 9.17) is 5.11 Å². The second-order valence-electron chi connectivity index (χ2n) is 4.20. The highest BCUT2D eigenvalue weighted by Gasteiger charge is 2.35. The third-order valence-electron chi connectivity index (χ3n) is 2.79. The summed E-state index contributed by atoms with van der Waals surface area (Å²) in [6, 6.07) is 0. The predicted molar refractivity (Wildman–Crippen MR) is 52.6 cm³/mol. The Balaban J connectivity index is 2.23. The van der Waals surface area contributed by atoms with Crippen LogP contribution in [0.1, 0.15) is 32.1 Å². The molecule has 92 valence electrons. The molecule has 0 heterocycles. The first-order chi connectivity index (χ1) is 7.39. The van der Waals surface area contributed by atoms with E-state index >= 15 is 0 Å². The van der Waals surface area contributed by atoms with Crippen LogP contribution in [0.5, 0.6) is 0 Å². The number of Topliss-reactive ketones (excluding diaryl/α,β-unsaturated/α-hetero) is 1. The van der Waals surface area contributed by atoms with Crippen molar-refractivity contribution in [3.8, 4) is 0 Å². The van der Waals surface area contributed by atoms with Crippen molar-refractivity contribution in [2.75, 3.05) is 6.54 Å². The summed E-state index contributed by atoms with van der Waals surface area (Å²) >= 11 is 0. The first kappa shape index (κ1) is 12.9. The van der Waals surface area contributed by atoms with Gasteiger partial charge >= 0.3 is 6.09 Å². The zero-order chi connectivity index (χ0) is 12.2. The third-order valence-corrected chi connectivity index (χ3v) is 2.79. The summed E-state index contributed by atoms with van der Waals surface area (Å²) in [5.74, 6) is -2.85. The monoisotopic (exact) mass is 235 g/mol. The minimum atomic E-state index is -2.58. The maximum Gasteiger partial charge on any atom is 0.405 e. The van der Waals surface area contributed by atoms with Crippen molar-refractivity contribution in [2.24, 2.45) is 5.92 Å². The van der Waals surface area contributed by atoms with Crippen LogP contribution in [-0.2, 0) is 4.79 Å². The largest absolute Gasteiger partial charge is 0.465 e. The lowest BCUT2D eigenvalue weighted by atomic mass is 9.84. The fourth-order valence-corrected chi connectivity index (χ4v) is 1.87. The molecule has 0 aliphatic heterocycles. The summed E-state index contributed by atoms with van der Waals surface area (Å²) in [7, 11) is 0. The van der Waals surface area contributed by atoms with E-state index in [0.29, 0.717) is 12.8 Å². The summed E-state index contributed by atoms with van der Waals surface area (Å²) in [6.45, 7) is -0.234. The number of carbonyl (C=O) groups excluding carboxylic acids is 1. The zero-order valence-corrected chi connectivity index (χ0v) is 8.84. The van der Waals surface area contributed by atoms with Gasteiger partial charge < -0.3 is 10.4 Å². The molecule has 1 aliphatic rings. The van der Waals surface area contributed by atoms with Gasteiger partial charge in [0.05, 0.1) is 6.54 Å². The molecular weight excluding hydrogens is 220 g/mol. The van der Waals surface area contributed by atoms with Crippen LogP contribution in [0.25, 0.3) is 0 Å². The van der Waals surface area contributed by atoms with Gasteiger partial charge in [0.2, 0.25) is 5.92 Å². The van der Waals surface area contributed by atoms with E-state index in [2.05, 4.69) is 0 Å².